The predicted octanol–water partition coefficient (Wildman–Crippen LogP) is 1.61. The van der Waals surface area contributed by atoms with E-state index < -0.39 is 17.8 Å². The fourth-order valence-electron chi connectivity index (χ4n) is 3.58. The number of likely N-dealkylation sites (N-methyl/N-ethyl adjacent to an activating group) is 1. The Labute approximate surface area is 152 Å². The van der Waals surface area contributed by atoms with Crippen molar-refractivity contribution in [2.24, 2.45) is 0 Å². The van der Waals surface area contributed by atoms with Crippen molar-refractivity contribution >= 4 is 17.8 Å². The second kappa shape index (κ2) is 7.33. The van der Waals surface area contributed by atoms with Crippen molar-refractivity contribution in [2.75, 3.05) is 34.0 Å². The van der Waals surface area contributed by atoms with Crippen LogP contribution < -0.4 is 9.47 Å². The first-order valence-corrected chi connectivity index (χ1v) is 8.65. The maximum Gasteiger partial charge on any atom is 0.335 e. The van der Waals surface area contributed by atoms with Crippen molar-refractivity contribution in [3.05, 3.63) is 23.8 Å². The maximum absolute atomic E-state index is 12.3. The van der Waals surface area contributed by atoms with Crippen molar-refractivity contribution in [3.8, 4) is 11.5 Å². The quantitative estimate of drug-likeness (QED) is 0.566. The van der Waals surface area contributed by atoms with Crippen LogP contribution in [0.1, 0.15) is 31.4 Å². The van der Waals surface area contributed by atoms with E-state index in [9.17, 15) is 14.4 Å². The van der Waals surface area contributed by atoms with Crippen molar-refractivity contribution in [2.45, 2.75) is 25.8 Å². The number of rotatable bonds is 6. The summed E-state index contributed by atoms with van der Waals surface area (Å²) in [5.74, 6) is -0.115. The van der Waals surface area contributed by atoms with E-state index in [1.165, 1.54) is 0 Å². The summed E-state index contributed by atoms with van der Waals surface area (Å²) in [5, 5.41) is 0. The van der Waals surface area contributed by atoms with Crippen LogP contribution in [0.25, 0.3) is 0 Å². The van der Waals surface area contributed by atoms with E-state index in [2.05, 4.69) is 0 Å². The minimum atomic E-state index is -0.760. The molecule has 26 heavy (non-hydrogen) atoms. The number of amides is 4. The molecule has 2 heterocycles. The Kier molecular flexibility index (Phi) is 5.13. The molecule has 1 aromatic rings. The number of nitrogens with zero attached hydrogens (tertiary/aromatic N) is 3. The summed E-state index contributed by atoms with van der Waals surface area (Å²) < 4.78 is 10.7. The number of imide groups is 2. The molecule has 0 saturated carbocycles. The smallest absolute Gasteiger partial charge is 0.335 e. The Balaban J connectivity index is 1.82. The molecule has 0 aromatic heterocycles. The van der Waals surface area contributed by atoms with Gasteiger partial charge in [0.15, 0.2) is 0 Å². The number of urea groups is 1. The molecule has 1 aromatic carbocycles. The van der Waals surface area contributed by atoms with Crippen LogP contribution in [0, 0.1) is 0 Å². The first kappa shape index (κ1) is 18.2. The number of methoxy groups -OCH3 is 2. The lowest BCUT2D eigenvalue weighted by molar-refractivity contribution is -0.143. The summed E-state index contributed by atoms with van der Waals surface area (Å²) in [6.45, 7) is 2.69. The standard InChI is InChI=1S/C18H23N3O5/c1-4-20-16(22)17(23)21(18(20)24)11-19-9-5-6-14(19)13-8-7-12(25-2)10-15(13)26-3/h7-8,10,14H,4-6,9,11H2,1-3H3/t14-/m1/s1. The largest absolute Gasteiger partial charge is 0.497 e. The molecule has 2 aliphatic heterocycles. The molecule has 0 bridgehead atoms. The number of hydrogen-bond acceptors (Lipinski definition) is 6. The average molecular weight is 361 g/mol. The van der Waals surface area contributed by atoms with E-state index >= 15 is 0 Å². The molecule has 3 rings (SSSR count). The minimum absolute atomic E-state index is 0.00207. The summed E-state index contributed by atoms with van der Waals surface area (Å²) in [7, 11) is 3.19. The van der Waals surface area contributed by atoms with Crippen LogP contribution in [-0.2, 0) is 9.59 Å². The normalized spacial score (nSPS) is 21.0. The van der Waals surface area contributed by atoms with Crippen LogP contribution in [0.2, 0.25) is 0 Å². The third kappa shape index (κ3) is 3.01. The third-order valence-electron chi connectivity index (χ3n) is 4.94. The van der Waals surface area contributed by atoms with Crippen LogP contribution in [0.5, 0.6) is 11.5 Å². The van der Waals surface area contributed by atoms with Crippen molar-refractivity contribution < 1.29 is 23.9 Å². The Morgan fingerprint density at radius 1 is 1.08 bits per heavy atom. The van der Waals surface area contributed by atoms with E-state index in [-0.39, 0.29) is 19.3 Å². The van der Waals surface area contributed by atoms with Gasteiger partial charge in [0.25, 0.3) is 0 Å². The fourth-order valence-corrected chi connectivity index (χ4v) is 3.58. The average Bonchev–Trinajstić information content (AvgIpc) is 3.20. The highest BCUT2D eigenvalue weighted by Crippen LogP contribution is 2.38. The third-order valence-corrected chi connectivity index (χ3v) is 4.94. The topological polar surface area (TPSA) is 79.4 Å². The van der Waals surface area contributed by atoms with Gasteiger partial charge < -0.3 is 9.47 Å². The van der Waals surface area contributed by atoms with Gasteiger partial charge in [0.2, 0.25) is 0 Å². The molecule has 8 heteroatoms. The zero-order valence-corrected chi connectivity index (χ0v) is 15.2. The van der Waals surface area contributed by atoms with Crippen LogP contribution >= 0.6 is 0 Å². The molecule has 0 N–H and O–H groups in total. The zero-order chi connectivity index (χ0) is 18.8. The number of ether oxygens (including phenoxy) is 2. The number of benzene rings is 1. The SMILES string of the molecule is CCN1C(=O)C(=O)N(CN2CCC[C@@H]2c2ccc(OC)cc2OC)C1=O. The van der Waals surface area contributed by atoms with Gasteiger partial charge in [0.05, 0.1) is 20.9 Å². The van der Waals surface area contributed by atoms with Gasteiger partial charge in [-0.15, -0.1) is 0 Å². The molecule has 2 aliphatic rings. The molecule has 140 valence electrons. The second-order valence-electron chi connectivity index (χ2n) is 6.28. The predicted molar refractivity (Wildman–Crippen MR) is 92.7 cm³/mol. The van der Waals surface area contributed by atoms with E-state index in [1.54, 1.807) is 21.1 Å². The minimum Gasteiger partial charge on any atom is -0.497 e. The van der Waals surface area contributed by atoms with Crippen LogP contribution in [0.3, 0.4) is 0 Å². The van der Waals surface area contributed by atoms with E-state index in [0.29, 0.717) is 11.5 Å². The van der Waals surface area contributed by atoms with E-state index in [4.69, 9.17) is 9.47 Å². The molecular weight excluding hydrogens is 338 g/mol. The molecule has 4 amide bonds. The lowest BCUT2D eigenvalue weighted by atomic mass is 10.0. The number of carbonyl (C=O) groups is 3. The summed E-state index contributed by atoms with van der Waals surface area (Å²) in [5.41, 5.74) is 0.976. The molecule has 1 atom stereocenters. The Hall–Kier alpha value is -2.61. The summed E-state index contributed by atoms with van der Waals surface area (Å²) in [6, 6.07) is 5.08. The highest BCUT2D eigenvalue weighted by Gasteiger charge is 2.45. The van der Waals surface area contributed by atoms with Crippen LogP contribution in [0.4, 0.5) is 4.79 Å². The Morgan fingerprint density at radius 2 is 1.81 bits per heavy atom. The fraction of sp³-hybridized carbons (Fsp3) is 0.500. The van der Waals surface area contributed by atoms with Crippen molar-refractivity contribution in [3.63, 3.8) is 0 Å². The van der Waals surface area contributed by atoms with Crippen molar-refractivity contribution in [1.82, 2.24) is 14.7 Å². The molecule has 2 saturated heterocycles. The van der Waals surface area contributed by atoms with Gasteiger partial charge in [0.1, 0.15) is 11.5 Å². The van der Waals surface area contributed by atoms with Gasteiger partial charge in [-0.2, -0.15) is 0 Å². The summed E-state index contributed by atoms with van der Waals surface area (Å²) in [6.07, 6.45) is 1.81. The van der Waals surface area contributed by atoms with Crippen LogP contribution in [-0.4, -0.2) is 66.5 Å². The van der Waals surface area contributed by atoms with Gasteiger partial charge >= 0.3 is 17.8 Å². The highest BCUT2D eigenvalue weighted by molar-refractivity contribution is 6.44. The summed E-state index contributed by atoms with van der Waals surface area (Å²) in [4.78, 5) is 40.5. The summed E-state index contributed by atoms with van der Waals surface area (Å²) >= 11 is 0. The molecule has 2 fully saturated rings. The van der Waals surface area contributed by atoms with Gasteiger partial charge in [-0.25, -0.2) is 9.69 Å². The number of hydrogen-bond donors (Lipinski definition) is 0. The van der Waals surface area contributed by atoms with Crippen LogP contribution in [0.15, 0.2) is 18.2 Å². The maximum atomic E-state index is 12.3. The van der Waals surface area contributed by atoms with Gasteiger partial charge in [0, 0.05) is 30.8 Å². The Bertz CT molecular complexity index is 736. The van der Waals surface area contributed by atoms with Gasteiger partial charge in [-0.05, 0) is 25.8 Å². The molecular formula is C18H23N3O5. The Morgan fingerprint density at radius 3 is 2.42 bits per heavy atom. The molecule has 0 aliphatic carbocycles. The molecule has 0 spiro atoms. The molecule has 8 nitrogen and oxygen atoms in total. The number of carbonyl (C=O) groups excluding carboxylic acids is 3. The van der Waals surface area contributed by atoms with Gasteiger partial charge in [-0.1, -0.05) is 6.07 Å². The van der Waals surface area contributed by atoms with E-state index in [0.717, 1.165) is 34.7 Å². The van der Waals surface area contributed by atoms with Crippen molar-refractivity contribution in [1.29, 1.82) is 0 Å². The lowest BCUT2D eigenvalue weighted by Crippen LogP contribution is -2.42. The molecule has 0 unspecified atom stereocenters. The second-order valence-corrected chi connectivity index (χ2v) is 6.28. The monoisotopic (exact) mass is 361 g/mol. The first-order chi connectivity index (χ1) is 12.5. The first-order valence-electron chi connectivity index (χ1n) is 8.65. The molecule has 0 radical (unpaired) electrons. The zero-order valence-electron chi connectivity index (χ0n) is 15.2. The number of likely N-dealkylation sites (tertiary alicyclic amines) is 1. The highest BCUT2D eigenvalue weighted by atomic mass is 16.5. The van der Waals surface area contributed by atoms with E-state index in [1.807, 2.05) is 23.1 Å². The lowest BCUT2D eigenvalue weighted by Gasteiger charge is -2.29. The van der Waals surface area contributed by atoms with Gasteiger partial charge in [-0.3, -0.25) is 19.4 Å².